The van der Waals surface area contributed by atoms with Crippen molar-refractivity contribution in [3.63, 3.8) is 0 Å². The molecule has 0 fully saturated rings. The summed E-state index contributed by atoms with van der Waals surface area (Å²) in [4.78, 5) is 11.5. The molecule has 0 saturated carbocycles. The number of methoxy groups -OCH3 is 2. The van der Waals surface area contributed by atoms with Gasteiger partial charge in [0.05, 0.1) is 20.6 Å². The second kappa shape index (κ2) is 9.60. The fraction of sp³-hybridized carbons (Fsp3) is 0.500. The number of rotatable bonds is 7. The molecule has 1 amide bonds. The first-order valence-electron chi connectivity index (χ1n) is 7.83. The van der Waals surface area contributed by atoms with E-state index >= 15 is 0 Å². The minimum Gasteiger partial charge on any atom is -0.493 e. The van der Waals surface area contributed by atoms with E-state index in [0.29, 0.717) is 31.4 Å². The molecule has 0 aromatic heterocycles. The fourth-order valence-corrected chi connectivity index (χ4v) is 2.14. The maximum absolute atomic E-state index is 12.5. The summed E-state index contributed by atoms with van der Waals surface area (Å²) in [6, 6.07) is 5.41. The smallest absolute Gasteiger partial charge is 0.417 e. The molecule has 0 radical (unpaired) electrons. The predicted octanol–water partition coefficient (Wildman–Crippen LogP) is 1.44. The maximum atomic E-state index is 12.5. The van der Waals surface area contributed by atoms with Crippen molar-refractivity contribution in [2.75, 3.05) is 20.8 Å². The molecule has 1 aromatic carbocycles. The van der Waals surface area contributed by atoms with Crippen molar-refractivity contribution in [3.8, 4) is 11.5 Å². The molecule has 0 aliphatic carbocycles. The zero-order valence-electron chi connectivity index (χ0n) is 15.1. The molecule has 0 unspecified atom stereocenters. The predicted molar refractivity (Wildman–Crippen MR) is 96.4 cm³/mol. The van der Waals surface area contributed by atoms with Crippen LogP contribution in [0.15, 0.2) is 18.2 Å². The van der Waals surface area contributed by atoms with Gasteiger partial charge in [-0.1, -0.05) is 6.07 Å². The highest BCUT2D eigenvalue weighted by molar-refractivity contribution is 7.80. The molecule has 0 saturated heterocycles. The van der Waals surface area contributed by atoms with Gasteiger partial charge in [0, 0.05) is 6.54 Å². The maximum Gasteiger partial charge on any atom is 0.417 e. The van der Waals surface area contributed by atoms with Crippen molar-refractivity contribution in [2.24, 2.45) is 0 Å². The van der Waals surface area contributed by atoms with Crippen molar-refractivity contribution < 1.29 is 32.5 Å². The minimum absolute atomic E-state index is 0.0236. The summed E-state index contributed by atoms with van der Waals surface area (Å²) in [7, 11) is 3.06. The molecule has 0 spiro atoms. The highest BCUT2D eigenvalue weighted by atomic mass is 32.1. The number of hydrogen-bond acceptors (Lipinski definition) is 5. The lowest BCUT2D eigenvalue weighted by molar-refractivity contribution is -0.253. The van der Waals surface area contributed by atoms with Gasteiger partial charge in [0.25, 0.3) is 0 Å². The third-order valence-corrected chi connectivity index (χ3v) is 3.82. The summed E-state index contributed by atoms with van der Waals surface area (Å²) >= 11 is 4.92. The summed E-state index contributed by atoms with van der Waals surface area (Å²) in [5.74, 6) is 0.130. The SMILES string of the molecule is COc1ccc(CCNC(=S)NNC(=O)C[C@@](C)(O)C(F)(F)F)cc1OC. The van der Waals surface area contributed by atoms with Crippen LogP contribution < -0.4 is 25.6 Å². The van der Waals surface area contributed by atoms with Crippen molar-refractivity contribution in [3.05, 3.63) is 23.8 Å². The molecule has 4 N–H and O–H groups in total. The first-order valence-corrected chi connectivity index (χ1v) is 8.23. The Labute approximate surface area is 160 Å². The Hall–Kier alpha value is -2.27. The molecule has 1 rings (SSSR count). The monoisotopic (exact) mass is 409 g/mol. The van der Waals surface area contributed by atoms with E-state index in [1.54, 1.807) is 12.1 Å². The van der Waals surface area contributed by atoms with E-state index in [1.807, 2.05) is 11.5 Å². The Kier molecular flexibility index (Phi) is 8.10. The zero-order chi connectivity index (χ0) is 20.7. The van der Waals surface area contributed by atoms with E-state index in [1.165, 1.54) is 14.2 Å². The van der Waals surface area contributed by atoms with Gasteiger partial charge in [0.2, 0.25) is 5.91 Å². The molecule has 11 heteroatoms. The highest BCUT2D eigenvalue weighted by Crippen LogP contribution is 2.32. The van der Waals surface area contributed by atoms with Crippen molar-refractivity contribution in [2.45, 2.75) is 31.5 Å². The first-order chi connectivity index (χ1) is 12.5. The number of halogens is 3. The van der Waals surface area contributed by atoms with Crippen LogP contribution in [0.25, 0.3) is 0 Å². The number of amides is 1. The number of carbonyl (C=O) groups excluding carboxylic acids is 1. The van der Waals surface area contributed by atoms with Gasteiger partial charge < -0.3 is 19.9 Å². The molecular formula is C16H22F3N3O4S. The van der Waals surface area contributed by atoms with Crippen molar-refractivity contribution in [1.82, 2.24) is 16.2 Å². The summed E-state index contributed by atoms with van der Waals surface area (Å²) < 4.78 is 47.9. The standard InChI is InChI=1S/C16H22F3N3O4S/c1-15(24,16(17,18)19)9-13(23)21-22-14(27)20-7-6-10-4-5-11(25-2)12(8-10)26-3/h4-5,8,24H,6-7,9H2,1-3H3,(H,21,23)(H2,20,22,27)/t15-/m1/s1. The van der Waals surface area contributed by atoms with Crippen LogP contribution in [0.1, 0.15) is 18.9 Å². The summed E-state index contributed by atoms with van der Waals surface area (Å²) in [5, 5.41) is 12.1. The molecule has 0 aliphatic rings. The second-order valence-electron chi connectivity index (χ2n) is 5.82. The molecule has 0 aliphatic heterocycles. The quantitative estimate of drug-likeness (QED) is 0.400. The second-order valence-corrected chi connectivity index (χ2v) is 6.23. The van der Waals surface area contributed by atoms with E-state index in [0.717, 1.165) is 5.56 Å². The Bertz CT molecular complexity index is 669. The number of thiocarbonyl (C=S) groups is 1. The number of alkyl halides is 3. The van der Waals surface area contributed by atoms with Gasteiger partial charge in [-0.25, -0.2) is 0 Å². The Morgan fingerprint density at radius 2 is 1.81 bits per heavy atom. The number of ether oxygens (including phenoxy) is 2. The Balaban J connectivity index is 2.39. The van der Waals surface area contributed by atoms with Gasteiger partial charge in [-0.15, -0.1) is 0 Å². The summed E-state index contributed by atoms with van der Waals surface area (Å²) in [5.41, 5.74) is 2.10. The lowest BCUT2D eigenvalue weighted by Crippen LogP contribution is -2.51. The van der Waals surface area contributed by atoms with Crippen molar-refractivity contribution >= 4 is 23.2 Å². The molecule has 0 bridgehead atoms. The largest absolute Gasteiger partial charge is 0.493 e. The molecular weight excluding hydrogens is 387 g/mol. The van der Waals surface area contributed by atoms with E-state index in [9.17, 15) is 23.1 Å². The van der Waals surface area contributed by atoms with Crippen LogP contribution in [-0.4, -0.2) is 48.7 Å². The molecule has 27 heavy (non-hydrogen) atoms. The van der Waals surface area contributed by atoms with Crippen LogP contribution in [0.4, 0.5) is 13.2 Å². The van der Waals surface area contributed by atoms with Gasteiger partial charge in [-0.2, -0.15) is 13.2 Å². The van der Waals surface area contributed by atoms with Gasteiger partial charge in [0.15, 0.2) is 22.2 Å². The number of hydrogen-bond donors (Lipinski definition) is 4. The lowest BCUT2D eigenvalue weighted by atomic mass is 10.0. The van der Waals surface area contributed by atoms with Crippen LogP contribution >= 0.6 is 12.2 Å². The average Bonchev–Trinajstić information content (AvgIpc) is 2.58. The van der Waals surface area contributed by atoms with Gasteiger partial charge >= 0.3 is 6.18 Å². The third kappa shape index (κ3) is 7.10. The third-order valence-electron chi connectivity index (χ3n) is 3.58. The normalized spacial score (nSPS) is 13.3. The van der Waals surface area contributed by atoms with Crippen LogP contribution in [0.3, 0.4) is 0 Å². The summed E-state index contributed by atoms with van der Waals surface area (Å²) in [6.07, 6.45) is -5.50. The van der Waals surface area contributed by atoms with Crippen LogP contribution in [0.5, 0.6) is 11.5 Å². The van der Waals surface area contributed by atoms with Crippen LogP contribution in [0.2, 0.25) is 0 Å². The average molecular weight is 409 g/mol. The summed E-state index contributed by atoms with van der Waals surface area (Å²) in [6.45, 7) is 0.920. The molecule has 0 heterocycles. The van der Waals surface area contributed by atoms with Crippen LogP contribution in [-0.2, 0) is 11.2 Å². The van der Waals surface area contributed by atoms with E-state index in [4.69, 9.17) is 21.7 Å². The number of carbonyl (C=O) groups is 1. The van der Waals surface area contributed by atoms with E-state index < -0.39 is 24.1 Å². The van der Waals surface area contributed by atoms with Crippen LogP contribution in [0, 0.1) is 0 Å². The van der Waals surface area contributed by atoms with Gasteiger partial charge in [0.1, 0.15) is 0 Å². The molecule has 1 aromatic rings. The number of aliphatic hydroxyl groups is 1. The Morgan fingerprint density at radius 3 is 2.37 bits per heavy atom. The first kappa shape index (κ1) is 22.8. The lowest BCUT2D eigenvalue weighted by Gasteiger charge is -2.25. The van der Waals surface area contributed by atoms with Crippen molar-refractivity contribution in [1.29, 1.82) is 0 Å². The molecule has 1 atom stereocenters. The van der Waals surface area contributed by atoms with Gasteiger partial charge in [-0.3, -0.25) is 15.6 Å². The zero-order valence-corrected chi connectivity index (χ0v) is 15.9. The number of benzene rings is 1. The molecule has 7 nitrogen and oxygen atoms in total. The topological polar surface area (TPSA) is 91.9 Å². The highest BCUT2D eigenvalue weighted by Gasteiger charge is 2.51. The molecule has 152 valence electrons. The number of hydrazine groups is 1. The van der Waals surface area contributed by atoms with E-state index in [2.05, 4.69) is 10.7 Å². The van der Waals surface area contributed by atoms with E-state index in [-0.39, 0.29) is 5.11 Å². The number of nitrogens with one attached hydrogen (secondary N) is 3. The minimum atomic E-state index is -4.91. The Morgan fingerprint density at radius 1 is 1.19 bits per heavy atom. The van der Waals surface area contributed by atoms with Gasteiger partial charge in [-0.05, 0) is 43.3 Å². The fourth-order valence-electron chi connectivity index (χ4n) is 1.98.